The molecule has 6 nitrogen and oxygen atoms in total. The summed E-state index contributed by atoms with van der Waals surface area (Å²) in [5, 5.41) is 9.81. The summed E-state index contributed by atoms with van der Waals surface area (Å²) in [5.74, 6) is 0.606. The molecule has 0 spiro atoms. The van der Waals surface area contributed by atoms with Crippen LogP contribution >= 0.6 is 27.7 Å². The number of rotatable bonds is 8. The van der Waals surface area contributed by atoms with Crippen molar-refractivity contribution in [1.29, 1.82) is 0 Å². The quantitative estimate of drug-likeness (QED) is 0.265. The van der Waals surface area contributed by atoms with Crippen molar-refractivity contribution >= 4 is 44.4 Å². The Hall–Kier alpha value is -2.23. The second-order valence-corrected chi connectivity index (χ2v) is 8.52. The van der Waals surface area contributed by atoms with Gasteiger partial charge in [0.2, 0.25) is 5.78 Å². The maximum absolute atomic E-state index is 14.2. The molecule has 9 heteroatoms. The van der Waals surface area contributed by atoms with Crippen LogP contribution in [0.25, 0.3) is 16.7 Å². The van der Waals surface area contributed by atoms with Gasteiger partial charge < -0.3 is 4.74 Å². The second-order valence-electron chi connectivity index (χ2n) is 6.67. The van der Waals surface area contributed by atoms with Crippen molar-refractivity contribution < 1.29 is 9.13 Å². The van der Waals surface area contributed by atoms with E-state index in [0.717, 1.165) is 5.52 Å². The third kappa shape index (κ3) is 4.14. The highest BCUT2D eigenvalue weighted by atomic mass is 79.9. The van der Waals surface area contributed by atoms with Gasteiger partial charge in [0.05, 0.1) is 10.9 Å². The maximum Gasteiger partial charge on any atom is 0.262 e. The summed E-state index contributed by atoms with van der Waals surface area (Å²) >= 11 is 4.66. The highest BCUT2D eigenvalue weighted by Gasteiger charge is 2.17. The summed E-state index contributed by atoms with van der Waals surface area (Å²) in [5.41, 5.74) is 1.22. The Morgan fingerprint density at radius 2 is 2.03 bits per heavy atom. The van der Waals surface area contributed by atoms with E-state index >= 15 is 0 Å². The molecule has 2 heterocycles. The molecule has 0 aliphatic rings. The third-order valence-corrected chi connectivity index (χ3v) is 6.20. The van der Waals surface area contributed by atoms with Gasteiger partial charge in [-0.05, 0) is 43.2 Å². The lowest BCUT2D eigenvalue weighted by Crippen LogP contribution is -2.24. The molecule has 0 saturated carbocycles. The molecule has 30 heavy (non-hydrogen) atoms. The first-order valence-corrected chi connectivity index (χ1v) is 11.4. The minimum Gasteiger partial charge on any atom is -0.382 e. The Kier molecular flexibility index (Phi) is 6.50. The zero-order valence-electron chi connectivity index (χ0n) is 16.3. The molecular weight excluding hydrogens is 471 g/mol. The van der Waals surface area contributed by atoms with Gasteiger partial charge in [-0.1, -0.05) is 45.9 Å². The van der Waals surface area contributed by atoms with Crippen LogP contribution in [0, 0.1) is 5.82 Å². The summed E-state index contributed by atoms with van der Waals surface area (Å²) < 4.78 is 23.8. The van der Waals surface area contributed by atoms with Gasteiger partial charge in [-0.3, -0.25) is 13.8 Å². The van der Waals surface area contributed by atoms with Gasteiger partial charge >= 0.3 is 0 Å². The van der Waals surface area contributed by atoms with E-state index in [-0.39, 0.29) is 11.4 Å². The van der Waals surface area contributed by atoms with Crippen LogP contribution in [-0.2, 0) is 17.0 Å². The van der Waals surface area contributed by atoms with Gasteiger partial charge in [0.1, 0.15) is 5.82 Å². The lowest BCUT2D eigenvalue weighted by molar-refractivity contribution is 0.141. The molecule has 2 aromatic carbocycles. The van der Waals surface area contributed by atoms with Gasteiger partial charge in [0.15, 0.2) is 5.16 Å². The molecule has 0 unspecified atom stereocenters. The molecule has 4 rings (SSSR count). The summed E-state index contributed by atoms with van der Waals surface area (Å²) in [6.45, 7) is 3.63. The SMILES string of the molecule is CCOCCCn1c(=O)c2ccccc2n2c(SCc3ccc(Br)cc3F)nnc12. The van der Waals surface area contributed by atoms with E-state index in [1.807, 2.05) is 35.6 Å². The van der Waals surface area contributed by atoms with Crippen molar-refractivity contribution in [3.8, 4) is 0 Å². The highest BCUT2D eigenvalue weighted by molar-refractivity contribution is 9.10. The number of aromatic nitrogens is 4. The molecule has 0 atom stereocenters. The Labute approximate surface area is 185 Å². The summed E-state index contributed by atoms with van der Waals surface area (Å²) in [4.78, 5) is 13.1. The fourth-order valence-corrected chi connectivity index (χ4v) is 4.54. The third-order valence-electron chi connectivity index (χ3n) is 4.72. The average Bonchev–Trinajstić information content (AvgIpc) is 3.16. The lowest BCUT2D eigenvalue weighted by Gasteiger charge is -2.11. The van der Waals surface area contributed by atoms with E-state index in [0.29, 0.717) is 58.3 Å². The van der Waals surface area contributed by atoms with E-state index in [1.54, 1.807) is 16.7 Å². The van der Waals surface area contributed by atoms with Crippen LogP contribution in [0.3, 0.4) is 0 Å². The molecule has 0 radical (unpaired) electrons. The predicted molar refractivity (Wildman–Crippen MR) is 120 cm³/mol. The van der Waals surface area contributed by atoms with Crippen LogP contribution in [-0.4, -0.2) is 32.4 Å². The van der Waals surface area contributed by atoms with Crippen molar-refractivity contribution in [2.45, 2.75) is 30.8 Å². The molecule has 0 aliphatic carbocycles. The summed E-state index contributed by atoms with van der Waals surface area (Å²) in [7, 11) is 0. The first-order chi connectivity index (χ1) is 14.6. The minimum absolute atomic E-state index is 0.0995. The molecular formula is C21H20BrFN4O2S. The zero-order valence-corrected chi connectivity index (χ0v) is 18.7. The van der Waals surface area contributed by atoms with Crippen LogP contribution in [0.4, 0.5) is 4.39 Å². The fraction of sp³-hybridized carbons (Fsp3) is 0.286. The van der Waals surface area contributed by atoms with Gasteiger partial charge in [-0.25, -0.2) is 4.39 Å². The number of ether oxygens (including phenoxy) is 1. The minimum atomic E-state index is -0.275. The number of aryl methyl sites for hydroxylation is 1. The number of benzene rings is 2. The Balaban J connectivity index is 1.74. The van der Waals surface area contributed by atoms with E-state index in [1.165, 1.54) is 17.8 Å². The van der Waals surface area contributed by atoms with Crippen molar-refractivity contribution in [1.82, 2.24) is 19.2 Å². The molecule has 2 aromatic heterocycles. The van der Waals surface area contributed by atoms with Crippen LogP contribution in [0.5, 0.6) is 0 Å². The lowest BCUT2D eigenvalue weighted by atomic mass is 10.2. The van der Waals surface area contributed by atoms with Crippen LogP contribution in [0.1, 0.15) is 18.9 Å². The zero-order chi connectivity index (χ0) is 21.1. The standard InChI is InChI=1S/C21H20BrFN4O2S/c1-2-29-11-5-10-26-19(28)16-6-3-4-7-18(16)27-20(26)24-25-21(27)30-13-14-8-9-15(22)12-17(14)23/h3-4,6-9,12H,2,5,10-11,13H2,1H3. The Bertz CT molecular complexity index is 1260. The molecule has 0 N–H and O–H groups in total. The molecule has 0 bridgehead atoms. The molecule has 4 aromatic rings. The first kappa shape index (κ1) is 21.0. The van der Waals surface area contributed by atoms with Crippen molar-refractivity contribution in [2.24, 2.45) is 0 Å². The highest BCUT2D eigenvalue weighted by Crippen LogP contribution is 2.26. The number of halogens is 2. The monoisotopic (exact) mass is 490 g/mol. The fourth-order valence-electron chi connectivity index (χ4n) is 3.28. The predicted octanol–water partition coefficient (Wildman–Crippen LogP) is 4.66. The van der Waals surface area contributed by atoms with Crippen molar-refractivity contribution in [3.05, 3.63) is 68.7 Å². The second kappa shape index (κ2) is 9.28. The summed E-state index contributed by atoms with van der Waals surface area (Å²) in [6.07, 6.45) is 0.696. The summed E-state index contributed by atoms with van der Waals surface area (Å²) in [6, 6.07) is 12.4. The number of nitrogens with zero attached hydrogens (tertiary/aromatic N) is 4. The Morgan fingerprint density at radius 1 is 1.20 bits per heavy atom. The maximum atomic E-state index is 14.2. The van der Waals surface area contributed by atoms with Crippen molar-refractivity contribution in [2.75, 3.05) is 13.2 Å². The van der Waals surface area contributed by atoms with E-state index < -0.39 is 0 Å². The van der Waals surface area contributed by atoms with E-state index in [9.17, 15) is 9.18 Å². The van der Waals surface area contributed by atoms with Gasteiger partial charge in [-0.15, -0.1) is 10.2 Å². The van der Waals surface area contributed by atoms with Gasteiger partial charge in [0.25, 0.3) is 5.56 Å². The largest absolute Gasteiger partial charge is 0.382 e. The van der Waals surface area contributed by atoms with Crippen LogP contribution in [0.15, 0.2) is 56.9 Å². The van der Waals surface area contributed by atoms with Crippen molar-refractivity contribution in [3.63, 3.8) is 0 Å². The van der Waals surface area contributed by atoms with E-state index in [2.05, 4.69) is 26.1 Å². The molecule has 0 aliphatic heterocycles. The molecule has 0 saturated heterocycles. The number of fused-ring (bicyclic) bond motifs is 3. The number of para-hydroxylation sites is 1. The average molecular weight is 491 g/mol. The Morgan fingerprint density at radius 3 is 2.83 bits per heavy atom. The number of thioether (sulfide) groups is 1. The molecule has 0 amide bonds. The van der Waals surface area contributed by atoms with Crippen LogP contribution < -0.4 is 5.56 Å². The topological polar surface area (TPSA) is 61.4 Å². The smallest absolute Gasteiger partial charge is 0.262 e. The normalized spacial score (nSPS) is 11.6. The number of hydrogen-bond donors (Lipinski definition) is 0. The van der Waals surface area contributed by atoms with E-state index in [4.69, 9.17) is 4.74 Å². The van der Waals surface area contributed by atoms with Gasteiger partial charge in [0, 0.05) is 30.0 Å². The molecule has 156 valence electrons. The first-order valence-electron chi connectivity index (χ1n) is 9.61. The number of hydrogen-bond acceptors (Lipinski definition) is 5. The van der Waals surface area contributed by atoms with Crippen LogP contribution in [0.2, 0.25) is 0 Å². The van der Waals surface area contributed by atoms with Gasteiger partial charge in [-0.2, -0.15) is 0 Å². The molecule has 0 fully saturated rings.